The van der Waals surface area contributed by atoms with Crippen LogP contribution >= 0.6 is 0 Å². The van der Waals surface area contributed by atoms with Gasteiger partial charge in [-0.05, 0) is 37.5 Å². The molecule has 0 saturated carbocycles. The summed E-state index contributed by atoms with van der Waals surface area (Å²) in [7, 11) is 1.42. The average Bonchev–Trinajstić information content (AvgIpc) is 3.08. The molecule has 2 atom stereocenters. The molecular weight excluding hydrogens is 339 g/mol. The van der Waals surface area contributed by atoms with Crippen molar-refractivity contribution in [3.8, 4) is 5.75 Å². The molecule has 0 bridgehead atoms. The third-order valence-corrected chi connectivity index (χ3v) is 4.63. The summed E-state index contributed by atoms with van der Waals surface area (Å²) in [5, 5.41) is 6.89. The summed E-state index contributed by atoms with van der Waals surface area (Å²) in [6, 6.07) is 4.18. The molecule has 8 heteroatoms. The van der Waals surface area contributed by atoms with E-state index in [1.807, 2.05) is 6.92 Å². The van der Waals surface area contributed by atoms with Crippen LogP contribution in [0.15, 0.2) is 22.7 Å². The number of benzene rings is 1. The second kappa shape index (κ2) is 7.72. The van der Waals surface area contributed by atoms with Crippen LogP contribution in [0.1, 0.15) is 49.0 Å². The molecule has 140 valence electrons. The van der Waals surface area contributed by atoms with Crippen molar-refractivity contribution in [1.82, 2.24) is 20.4 Å². The van der Waals surface area contributed by atoms with Crippen LogP contribution in [0, 0.1) is 12.7 Å². The Labute approximate surface area is 151 Å². The maximum absolute atomic E-state index is 13.9. The predicted molar refractivity (Wildman–Crippen MR) is 92.5 cm³/mol. The molecule has 2 unspecified atom stereocenters. The monoisotopic (exact) mass is 362 g/mol. The van der Waals surface area contributed by atoms with Gasteiger partial charge in [0.05, 0.1) is 13.2 Å². The van der Waals surface area contributed by atoms with Gasteiger partial charge in [-0.3, -0.25) is 0 Å². The van der Waals surface area contributed by atoms with Gasteiger partial charge >= 0.3 is 6.03 Å². The molecule has 1 aliphatic heterocycles. The van der Waals surface area contributed by atoms with Gasteiger partial charge in [0.15, 0.2) is 17.4 Å². The Hall–Kier alpha value is -2.64. The number of carbonyl (C=O) groups is 1. The minimum absolute atomic E-state index is 0.0701. The smallest absolute Gasteiger partial charge is 0.317 e. The lowest BCUT2D eigenvalue weighted by Crippen LogP contribution is -2.45. The first-order valence-corrected chi connectivity index (χ1v) is 8.67. The van der Waals surface area contributed by atoms with Gasteiger partial charge in [0.2, 0.25) is 5.89 Å². The zero-order valence-electron chi connectivity index (χ0n) is 15.2. The highest BCUT2D eigenvalue weighted by Crippen LogP contribution is 2.26. The molecule has 1 fully saturated rings. The number of aryl methyl sites for hydroxylation is 1. The first kappa shape index (κ1) is 18.2. The number of rotatable bonds is 4. The average molecular weight is 362 g/mol. The third-order valence-electron chi connectivity index (χ3n) is 4.63. The van der Waals surface area contributed by atoms with Gasteiger partial charge in [-0.1, -0.05) is 11.2 Å². The number of methoxy groups -OCH3 is 1. The molecule has 1 aliphatic rings. The minimum atomic E-state index is -0.448. The number of urea groups is 1. The van der Waals surface area contributed by atoms with Crippen molar-refractivity contribution in [3.63, 3.8) is 0 Å². The van der Waals surface area contributed by atoms with Crippen LogP contribution in [0.5, 0.6) is 5.75 Å². The van der Waals surface area contributed by atoms with Crippen LogP contribution in [-0.2, 0) is 0 Å². The number of ether oxygens (including phenoxy) is 1. The van der Waals surface area contributed by atoms with E-state index >= 15 is 0 Å². The zero-order valence-corrected chi connectivity index (χ0v) is 15.2. The molecule has 7 nitrogen and oxygen atoms in total. The Balaban J connectivity index is 1.62. The van der Waals surface area contributed by atoms with E-state index in [0.29, 0.717) is 30.4 Å². The molecule has 2 aromatic rings. The van der Waals surface area contributed by atoms with E-state index in [0.717, 1.165) is 12.8 Å². The number of hydrogen-bond acceptors (Lipinski definition) is 5. The van der Waals surface area contributed by atoms with Gasteiger partial charge in [0.25, 0.3) is 0 Å². The quantitative estimate of drug-likeness (QED) is 0.903. The highest BCUT2D eigenvalue weighted by Gasteiger charge is 2.28. The SMILES string of the molecule is COc1ccc(C(C)NC(=O)N2CCCC(c3noc(C)n3)C2)cc1F. The Kier molecular flexibility index (Phi) is 5.39. The number of amides is 2. The lowest BCUT2D eigenvalue weighted by Gasteiger charge is -2.32. The third kappa shape index (κ3) is 3.95. The molecule has 0 radical (unpaired) electrons. The summed E-state index contributed by atoms with van der Waals surface area (Å²) >= 11 is 0. The molecule has 0 spiro atoms. The fourth-order valence-corrected chi connectivity index (χ4v) is 3.16. The van der Waals surface area contributed by atoms with Gasteiger partial charge in [-0.2, -0.15) is 4.98 Å². The number of nitrogens with zero attached hydrogens (tertiary/aromatic N) is 3. The summed E-state index contributed by atoms with van der Waals surface area (Å²) in [6.45, 7) is 4.78. The van der Waals surface area contributed by atoms with Crippen LogP contribution in [0.3, 0.4) is 0 Å². The Morgan fingerprint density at radius 2 is 2.31 bits per heavy atom. The van der Waals surface area contributed by atoms with Crippen LogP contribution < -0.4 is 10.1 Å². The summed E-state index contributed by atoms with van der Waals surface area (Å²) in [5.41, 5.74) is 0.680. The van der Waals surface area contributed by atoms with E-state index < -0.39 is 5.82 Å². The van der Waals surface area contributed by atoms with Crippen LogP contribution in [0.4, 0.5) is 9.18 Å². The largest absolute Gasteiger partial charge is 0.494 e. The number of aromatic nitrogens is 2. The molecule has 1 aromatic heterocycles. The Bertz CT molecular complexity index is 780. The molecule has 3 rings (SSSR count). The number of carbonyl (C=O) groups excluding carboxylic acids is 1. The van der Waals surface area contributed by atoms with E-state index in [9.17, 15) is 9.18 Å². The van der Waals surface area contributed by atoms with E-state index in [1.54, 1.807) is 24.0 Å². The zero-order chi connectivity index (χ0) is 18.7. The van der Waals surface area contributed by atoms with Crippen molar-refractivity contribution in [1.29, 1.82) is 0 Å². The van der Waals surface area contributed by atoms with Crippen molar-refractivity contribution in [2.24, 2.45) is 0 Å². The number of likely N-dealkylation sites (tertiary alicyclic amines) is 1. The molecule has 1 N–H and O–H groups in total. The molecule has 1 aromatic carbocycles. The lowest BCUT2D eigenvalue weighted by molar-refractivity contribution is 0.174. The van der Waals surface area contributed by atoms with Gasteiger partial charge < -0.3 is 19.5 Å². The first-order valence-electron chi connectivity index (χ1n) is 8.67. The summed E-state index contributed by atoms with van der Waals surface area (Å²) in [6.07, 6.45) is 1.79. The van der Waals surface area contributed by atoms with E-state index in [4.69, 9.17) is 9.26 Å². The number of hydrogen-bond donors (Lipinski definition) is 1. The van der Waals surface area contributed by atoms with Crippen molar-refractivity contribution >= 4 is 6.03 Å². The Morgan fingerprint density at radius 3 is 2.96 bits per heavy atom. The molecule has 26 heavy (non-hydrogen) atoms. The van der Waals surface area contributed by atoms with Gasteiger partial charge in [-0.15, -0.1) is 0 Å². The topological polar surface area (TPSA) is 80.5 Å². The van der Waals surface area contributed by atoms with Crippen LogP contribution in [0.25, 0.3) is 0 Å². The van der Waals surface area contributed by atoms with Crippen LogP contribution in [0.2, 0.25) is 0 Å². The maximum Gasteiger partial charge on any atom is 0.317 e. The number of piperidine rings is 1. The van der Waals surface area contributed by atoms with Gasteiger partial charge in [-0.25, -0.2) is 9.18 Å². The highest BCUT2D eigenvalue weighted by molar-refractivity contribution is 5.75. The highest BCUT2D eigenvalue weighted by atomic mass is 19.1. The molecular formula is C18H23FN4O3. The lowest BCUT2D eigenvalue weighted by atomic mass is 9.97. The molecule has 0 aliphatic carbocycles. The summed E-state index contributed by atoms with van der Waals surface area (Å²) in [5.74, 6) is 0.973. The molecule has 1 saturated heterocycles. The van der Waals surface area contributed by atoms with Crippen molar-refractivity contribution in [2.45, 2.75) is 38.6 Å². The van der Waals surface area contributed by atoms with Crippen LogP contribution in [-0.4, -0.2) is 41.3 Å². The summed E-state index contributed by atoms with van der Waals surface area (Å²) in [4.78, 5) is 18.6. The van der Waals surface area contributed by atoms with Gasteiger partial charge in [0.1, 0.15) is 0 Å². The van der Waals surface area contributed by atoms with Gasteiger partial charge in [0, 0.05) is 25.9 Å². The first-order chi connectivity index (χ1) is 12.5. The predicted octanol–water partition coefficient (Wildman–Crippen LogP) is 3.18. The summed E-state index contributed by atoms with van der Waals surface area (Å²) < 4.78 is 23.8. The standard InChI is InChI=1S/C18H23FN4O3/c1-11(13-6-7-16(25-3)15(19)9-13)20-18(24)23-8-4-5-14(10-23)17-21-12(2)26-22-17/h6-7,9,11,14H,4-5,8,10H2,1-3H3,(H,20,24). The Morgan fingerprint density at radius 1 is 1.50 bits per heavy atom. The van der Waals surface area contributed by atoms with Crippen molar-refractivity contribution in [2.75, 3.05) is 20.2 Å². The van der Waals surface area contributed by atoms with E-state index in [1.165, 1.54) is 13.2 Å². The second-order valence-electron chi connectivity index (χ2n) is 6.52. The molecule has 2 heterocycles. The van der Waals surface area contributed by atoms with E-state index in [2.05, 4.69) is 15.5 Å². The number of nitrogens with one attached hydrogen (secondary N) is 1. The van der Waals surface area contributed by atoms with E-state index in [-0.39, 0.29) is 23.7 Å². The van der Waals surface area contributed by atoms with Crippen molar-refractivity contribution in [3.05, 3.63) is 41.3 Å². The normalized spacial score (nSPS) is 18.5. The fourth-order valence-electron chi connectivity index (χ4n) is 3.16. The maximum atomic E-state index is 13.9. The van der Waals surface area contributed by atoms with Crippen molar-refractivity contribution < 1.29 is 18.4 Å². The number of halogens is 1. The second-order valence-corrected chi connectivity index (χ2v) is 6.52. The molecule has 2 amide bonds. The fraction of sp³-hybridized carbons (Fsp3) is 0.500. The minimum Gasteiger partial charge on any atom is -0.494 e.